The fraction of sp³-hybridized carbons (Fsp3) is 0.576. The lowest BCUT2D eigenvalue weighted by atomic mass is 9.96. The van der Waals surface area contributed by atoms with E-state index < -0.39 is 127 Å². The first kappa shape index (κ1) is 44.5. The Morgan fingerprint density at radius 3 is 1.38 bits per heavy atom. The van der Waals surface area contributed by atoms with Crippen LogP contribution in [0.15, 0.2) is 24.3 Å². The van der Waals surface area contributed by atoms with E-state index in [1.807, 2.05) is 0 Å². The summed E-state index contributed by atoms with van der Waals surface area (Å²) in [6.45, 7) is 5.55. The summed E-state index contributed by atoms with van der Waals surface area (Å²) in [5, 5.41) is 11.0. The van der Waals surface area contributed by atoms with Crippen LogP contribution in [0.1, 0.15) is 48.5 Å². The molecule has 0 aliphatic carbocycles. The van der Waals surface area contributed by atoms with Crippen molar-refractivity contribution in [3.8, 4) is 5.75 Å². The lowest BCUT2D eigenvalue weighted by Crippen LogP contribution is -2.67. The zero-order valence-electron chi connectivity index (χ0n) is 30.9. The predicted molar refractivity (Wildman–Crippen MR) is 173 cm³/mol. The van der Waals surface area contributed by atoms with Crippen molar-refractivity contribution in [1.82, 2.24) is 0 Å². The Kier molecular flexibility index (Phi) is 16.0. The van der Waals surface area contributed by atoms with E-state index in [0.29, 0.717) is 0 Å². The molecular formula is C33H39NO22. The third kappa shape index (κ3) is 13.1. The number of nitro benzene ring substituents is 1. The summed E-state index contributed by atoms with van der Waals surface area (Å²) in [6, 6.07) is 4.21. The number of ether oxygens (including phenoxy) is 12. The molecule has 308 valence electrons. The molecule has 1 aromatic carbocycles. The molecule has 0 bridgehead atoms. The highest BCUT2D eigenvalue weighted by Crippen LogP contribution is 2.36. The fourth-order valence-electron chi connectivity index (χ4n) is 5.42. The van der Waals surface area contributed by atoms with E-state index in [2.05, 4.69) is 0 Å². The fourth-order valence-corrected chi connectivity index (χ4v) is 5.42. The Hall–Kier alpha value is -5.94. The van der Waals surface area contributed by atoms with Gasteiger partial charge < -0.3 is 56.8 Å². The van der Waals surface area contributed by atoms with Crippen LogP contribution in [0.4, 0.5) is 10.5 Å². The van der Waals surface area contributed by atoms with Crippen LogP contribution in [0.2, 0.25) is 0 Å². The van der Waals surface area contributed by atoms with Gasteiger partial charge in [0.2, 0.25) is 12.4 Å². The number of nitrogens with zero attached hydrogens (tertiary/aromatic N) is 1. The first-order valence-electron chi connectivity index (χ1n) is 16.5. The van der Waals surface area contributed by atoms with Crippen LogP contribution in [0.3, 0.4) is 0 Å². The van der Waals surface area contributed by atoms with Gasteiger partial charge in [0.1, 0.15) is 37.3 Å². The number of carbonyl (C=O) groups is 8. The molecule has 2 aliphatic rings. The average molecular weight is 802 g/mol. The van der Waals surface area contributed by atoms with Crippen molar-refractivity contribution in [3.05, 3.63) is 34.4 Å². The van der Waals surface area contributed by atoms with Crippen molar-refractivity contribution in [2.75, 3.05) is 13.2 Å². The molecule has 0 saturated carbocycles. The number of rotatable bonds is 14. The number of carbonyl (C=O) groups excluding carboxylic acids is 8. The van der Waals surface area contributed by atoms with Crippen LogP contribution in [0.5, 0.6) is 5.75 Å². The van der Waals surface area contributed by atoms with Crippen LogP contribution in [0, 0.1) is 10.1 Å². The molecule has 2 heterocycles. The molecule has 3 rings (SSSR count). The summed E-state index contributed by atoms with van der Waals surface area (Å²) in [5.74, 6) is -6.81. The van der Waals surface area contributed by atoms with E-state index in [4.69, 9.17) is 56.8 Å². The minimum absolute atomic E-state index is 0.224. The predicted octanol–water partition coefficient (Wildman–Crippen LogP) is 0.730. The van der Waals surface area contributed by atoms with Gasteiger partial charge in [-0.15, -0.1) is 0 Å². The zero-order valence-corrected chi connectivity index (χ0v) is 30.9. The van der Waals surface area contributed by atoms with Gasteiger partial charge in [-0.25, -0.2) is 4.79 Å². The zero-order chi connectivity index (χ0) is 41.9. The molecule has 10 atom stereocenters. The third-order valence-corrected chi connectivity index (χ3v) is 7.35. The highest BCUT2D eigenvalue weighted by atomic mass is 16.8. The van der Waals surface area contributed by atoms with E-state index in [-0.39, 0.29) is 11.4 Å². The van der Waals surface area contributed by atoms with Crippen LogP contribution in [-0.2, 0) is 85.7 Å². The van der Waals surface area contributed by atoms with Gasteiger partial charge in [0.25, 0.3) is 5.69 Å². The number of hydrogen-bond acceptors (Lipinski definition) is 22. The second kappa shape index (κ2) is 20.1. The molecule has 2 aliphatic heterocycles. The Bertz CT molecular complexity index is 1640. The second-order valence-corrected chi connectivity index (χ2v) is 11.9. The maximum absolute atomic E-state index is 12.9. The minimum Gasteiger partial charge on any atom is -0.463 e. The summed E-state index contributed by atoms with van der Waals surface area (Å²) in [7, 11) is 0. The van der Waals surface area contributed by atoms with Crippen molar-refractivity contribution in [2.24, 2.45) is 0 Å². The van der Waals surface area contributed by atoms with E-state index in [9.17, 15) is 48.5 Å². The Morgan fingerprint density at radius 1 is 0.536 bits per heavy atom. The number of benzene rings is 1. The first-order valence-corrected chi connectivity index (χ1v) is 16.5. The summed E-state index contributed by atoms with van der Waals surface area (Å²) in [6.07, 6.45) is -19.2. The van der Waals surface area contributed by atoms with E-state index in [0.717, 1.165) is 72.7 Å². The summed E-state index contributed by atoms with van der Waals surface area (Å²) < 4.78 is 65.8. The monoisotopic (exact) mass is 801 g/mol. The number of non-ortho nitro benzene ring substituents is 1. The molecule has 0 aromatic heterocycles. The summed E-state index contributed by atoms with van der Waals surface area (Å²) in [5.41, 5.74) is -0.323. The van der Waals surface area contributed by atoms with Crippen molar-refractivity contribution < 1.29 is 100 Å². The molecule has 2 saturated heterocycles. The Morgan fingerprint density at radius 2 is 0.929 bits per heavy atom. The molecule has 0 unspecified atom stereocenters. The molecule has 56 heavy (non-hydrogen) atoms. The van der Waals surface area contributed by atoms with Gasteiger partial charge in [0.15, 0.2) is 30.7 Å². The van der Waals surface area contributed by atoms with Gasteiger partial charge in [-0.1, -0.05) is 0 Å². The van der Waals surface area contributed by atoms with Gasteiger partial charge in [0.05, 0.1) is 4.92 Å². The maximum Gasteiger partial charge on any atom is 0.516 e. The lowest BCUT2D eigenvalue weighted by molar-refractivity contribution is -0.384. The largest absolute Gasteiger partial charge is 0.516 e. The highest BCUT2D eigenvalue weighted by molar-refractivity contribution is 5.70. The quantitative estimate of drug-likeness (QED) is 0.0823. The topological polar surface area (TPSA) is 290 Å². The maximum atomic E-state index is 12.9. The SMILES string of the molecule is CC(=O)OC[C@H]1O[C@@H](O[C@H]2[C@H](OC(C)=O)[C@@H](OC(C)=O)[C@H](OC(=O)Oc3ccc([N+](=O)[O-])cc3)O[C@@H]2COC(C)=O)[C@H](OC(C)=O)[C@@H](OC(C)=O)[C@H]1OC(C)=O. The minimum atomic E-state index is -2.01. The lowest BCUT2D eigenvalue weighted by Gasteiger charge is -2.48. The number of hydrogen-bond donors (Lipinski definition) is 0. The summed E-state index contributed by atoms with van der Waals surface area (Å²) in [4.78, 5) is 109. The molecule has 2 fully saturated rings. The van der Waals surface area contributed by atoms with Gasteiger partial charge in [-0.3, -0.25) is 43.7 Å². The standard InChI is InChI=1S/C33H39NO22/c1-14(35)45-12-23-25(47-16(3)37)27(48-17(4)38)29(50-19(6)40)31(53-23)55-26-24(13-46-15(2)36)54-32(30(51-20(7)41)28(26)49-18(5)39)56-33(42)52-22-10-8-21(9-11-22)34(43)44/h8-11,23-32H,12-13H2,1-7H3/t23-,24-,25+,26-,27+,28+,29-,30-,31+,32+/m1/s1. The Labute approximate surface area is 317 Å². The molecule has 0 N–H and O–H groups in total. The van der Waals surface area contributed by atoms with Crippen molar-refractivity contribution in [1.29, 1.82) is 0 Å². The van der Waals surface area contributed by atoms with Crippen molar-refractivity contribution >= 4 is 53.6 Å². The molecular weight excluding hydrogens is 762 g/mol. The van der Waals surface area contributed by atoms with Crippen LogP contribution < -0.4 is 4.74 Å². The molecule has 0 amide bonds. The smallest absolute Gasteiger partial charge is 0.463 e. The van der Waals surface area contributed by atoms with Gasteiger partial charge >= 0.3 is 47.9 Å². The van der Waals surface area contributed by atoms with Crippen molar-refractivity contribution in [2.45, 2.75) is 110 Å². The molecule has 23 heteroatoms. The van der Waals surface area contributed by atoms with E-state index in [1.165, 1.54) is 0 Å². The van der Waals surface area contributed by atoms with Gasteiger partial charge in [-0.2, -0.15) is 0 Å². The molecule has 23 nitrogen and oxygen atoms in total. The second-order valence-electron chi connectivity index (χ2n) is 11.9. The molecule has 1 aromatic rings. The van der Waals surface area contributed by atoms with Crippen LogP contribution >= 0.6 is 0 Å². The van der Waals surface area contributed by atoms with E-state index in [1.54, 1.807) is 0 Å². The number of esters is 7. The first-order chi connectivity index (χ1) is 26.2. The summed E-state index contributed by atoms with van der Waals surface area (Å²) >= 11 is 0. The van der Waals surface area contributed by atoms with Gasteiger partial charge in [-0.05, 0) is 12.1 Å². The van der Waals surface area contributed by atoms with Gasteiger partial charge in [0, 0.05) is 60.6 Å². The Balaban J connectivity index is 2.12. The van der Waals surface area contributed by atoms with Crippen molar-refractivity contribution in [3.63, 3.8) is 0 Å². The normalized spacial score (nSPS) is 26.9. The third-order valence-electron chi connectivity index (χ3n) is 7.35. The molecule has 0 spiro atoms. The van der Waals surface area contributed by atoms with Crippen LogP contribution in [-0.4, -0.2) is 127 Å². The van der Waals surface area contributed by atoms with E-state index >= 15 is 0 Å². The highest BCUT2D eigenvalue weighted by Gasteiger charge is 2.58. The molecule has 0 radical (unpaired) electrons. The van der Waals surface area contributed by atoms with Crippen LogP contribution in [0.25, 0.3) is 0 Å². The average Bonchev–Trinajstić information content (AvgIpc) is 3.07. The number of nitro groups is 1.